The molecule has 0 spiro atoms. The average Bonchev–Trinajstić information content (AvgIpc) is 3.34. The van der Waals surface area contributed by atoms with Crippen molar-refractivity contribution < 1.29 is 82.0 Å². The fourth-order valence-corrected chi connectivity index (χ4v) is 8.68. The molecule has 6 unspecified atom stereocenters. The maximum absolute atomic E-state index is 13.0. The van der Waals surface area contributed by atoms with Gasteiger partial charge < -0.3 is 49.7 Å². The summed E-state index contributed by atoms with van der Waals surface area (Å²) < 4.78 is 49.4. The molecule has 19 heteroatoms. The number of aliphatic hydroxyl groups is 5. The minimum Gasteiger partial charge on any atom is -0.462 e. The number of carbonyl (C=O) groups is 2. The molecule has 0 radical (unpaired) electrons. The van der Waals surface area contributed by atoms with Gasteiger partial charge in [-0.3, -0.25) is 23.2 Å². The van der Waals surface area contributed by atoms with Crippen LogP contribution < -0.4 is 0 Å². The minimum atomic E-state index is -5.39. The van der Waals surface area contributed by atoms with Crippen LogP contribution in [0.25, 0.3) is 0 Å². The molecule has 0 aromatic heterocycles. The smallest absolute Gasteiger partial charge is 0.462 e. The van der Waals surface area contributed by atoms with Crippen molar-refractivity contribution in [1.82, 2.24) is 0 Å². The molecule has 1 saturated carbocycles. The lowest BCUT2D eigenvalue weighted by atomic mass is 9.85. The monoisotopic (exact) mass is 1070 g/mol. The first-order valence-electron chi connectivity index (χ1n) is 26.0. The van der Waals surface area contributed by atoms with Gasteiger partial charge >= 0.3 is 27.6 Å². The first-order valence-corrected chi connectivity index (χ1v) is 29.1. The molecule has 1 fully saturated rings. The fraction of sp³-hybridized carbons (Fsp3) is 0.630. The van der Waals surface area contributed by atoms with Gasteiger partial charge in [0.05, 0.1) is 12.7 Å². The Kier molecular flexibility index (Phi) is 39.7. The SMILES string of the molecule is CC/C=C\C/C=C\C/C=C\C/C=C\C=C/C(O)C/C=C\CCC(=O)OC[C@H](COP(=O)(O)O[C@H]1C(O)C(O)C(O)[C@@H](OP(=O)(O)O)C1O)OC(=O)CCCCCCCC/C=C\C/C=C\C/C=C\CCCCCC. The van der Waals surface area contributed by atoms with Gasteiger partial charge in [-0.05, 0) is 83.5 Å². The van der Waals surface area contributed by atoms with Crippen molar-refractivity contribution in [2.75, 3.05) is 13.2 Å². The molecule has 0 aliphatic heterocycles. The Morgan fingerprint density at radius 1 is 0.521 bits per heavy atom. The summed E-state index contributed by atoms with van der Waals surface area (Å²) in [6.45, 7) is 2.82. The second-order valence-electron chi connectivity index (χ2n) is 17.7. The molecule has 1 rings (SSSR count). The number of esters is 2. The highest BCUT2D eigenvalue weighted by Gasteiger charge is 2.54. The van der Waals surface area contributed by atoms with E-state index in [1.54, 1.807) is 24.3 Å². The zero-order chi connectivity index (χ0) is 54.0. The van der Waals surface area contributed by atoms with Crippen LogP contribution in [0, 0.1) is 0 Å². The van der Waals surface area contributed by atoms with Crippen molar-refractivity contribution in [3.8, 4) is 0 Å². The van der Waals surface area contributed by atoms with E-state index in [-0.39, 0.29) is 19.3 Å². The van der Waals surface area contributed by atoms with E-state index in [9.17, 15) is 58.9 Å². The van der Waals surface area contributed by atoms with E-state index in [1.807, 2.05) is 12.2 Å². The summed E-state index contributed by atoms with van der Waals surface area (Å²) >= 11 is 0. The molecule has 1 aliphatic rings. The standard InChI is InChI=1S/C54H88O17P2/c1-3-5-7-9-11-13-15-17-18-19-20-21-22-23-25-27-29-31-33-37-42-48(57)69-46(44-68-73(65,66)71-54-51(60)49(58)50(59)53(52(54)61)70-72(62,63)64)43-67-47(56)41-38-34-36-40-45(55)39-35-32-30-28-26-24-16-14-12-10-8-6-4-2/h6,8,12-15,18-19,21-22,24,26,30,32,34-36,39,45-46,49-55,58-61H,3-5,7,9-11,16-17,20,23,25,27-29,31,33,37-38,40-44H2,1-2H3,(H,65,66)(H2,62,63,64)/b8-6-,14-12-,15-13-,19-18-,22-21-,26-24-,32-30-,36-34-,39-35-/t45?,46-,49?,50?,51?,52?,53-,54+/m1/s1. The number of allylic oxidation sites excluding steroid dienone is 16. The number of rotatable bonds is 42. The summed E-state index contributed by atoms with van der Waals surface area (Å²) in [6.07, 6.45) is 39.1. The number of phosphoric ester groups is 2. The molecule has 0 saturated heterocycles. The van der Waals surface area contributed by atoms with Crippen LogP contribution >= 0.6 is 15.6 Å². The van der Waals surface area contributed by atoms with Crippen LogP contribution in [0.15, 0.2) is 109 Å². The summed E-state index contributed by atoms with van der Waals surface area (Å²) in [5, 5.41) is 51.6. The van der Waals surface area contributed by atoms with Gasteiger partial charge in [-0.1, -0.05) is 168 Å². The van der Waals surface area contributed by atoms with E-state index in [0.29, 0.717) is 12.8 Å². The Morgan fingerprint density at radius 2 is 1.03 bits per heavy atom. The lowest BCUT2D eigenvalue weighted by Gasteiger charge is -2.43. The first kappa shape index (κ1) is 67.6. The van der Waals surface area contributed by atoms with E-state index >= 15 is 0 Å². The number of hydrogen-bond donors (Lipinski definition) is 8. The molecule has 0 amide bonds. The summed E-state index contributed by atoms with van der Waals surface area (Å²) in [5.41, 5.74) is 0. The third kappa shape index (κ3) is 37.1. The Labute approximate surface area is 434 Å². The lowest BCUT2D eigenvalue weighted by Crippen LogP contribution is -2.64. The largest absolute Gasteiger partial charge is 0.472 e. The molecule has 0 aromatic rings. The van der Waals surface area contributed by atoms with E-state index < -0.39 is 89.6 Å². The fourth-order valence-electron chi connectivity index (χ4n) is 7.14. The zero-order valence-corrected chi connectivity index (χ0v) is 44.9. The van der Waals surface area contributed by atoms with Crippen molar-refractivity contribution in [2.24, 2.45) is 0 Å². The van der Waals surface area contributed by atoms with Gasteiger partial charge in [0.2, 0.25) is 0 Å². The lowest BCUT2D eigenvalue weighted by molar-refractivity contribution is -0.216. The van der Waals surface area contributed by atoms with Gasteiger partial charge in [-0.15, -0.1) is 0 Å². The Morgan fingerprint density at radius 3 is 1.60 bits per heavy atom. The number of aliphatic hydroxyl groups excluding tert-OH is 5. The molecular formula is C54H88O17P2. The van der Waals surface area contributed by atoms with Crippen LogP contribution in [0.3, 0.4) is 0 Å². The number of hydrogen-bond acceptors (Lipinski definition) is 14. The molecular weight excluding hydrogens is 983 g/mol. The average molecular weight is 1070 g/mol. The zero-order valence-electron chi connectivity index (χ0n) is 43.1. The number of ether oxygens (including phenoxy) is 2. The van der Waals surface area contributed by atoms with Crippen LogP contribution in [0.4, 0.5) is 0 Å². The van der Waals surface area contributed by atoms with Crippen molar-refractivity contribution in [3.05, 3.63) is 109 Å². The van der Waals surface area contributed by atoms with Gasteiger partial charge in [0.1, 0.15) is 43.2 Å². The highest BCUT2D eigenvalue weighted by atomic mass is 31.2. The highest BCUT2D eigenvalue weighted by molar-refractivity contribution is 7.47. The summed E-state index contributed by atoms with van der Waals surface area (Å²) in [4.78, 5) is 54.4. The number of unbranched alkanes of at least 4 members (excludes halogenated alkanes) is 10. The summed E-state index contributed by atoms with van der Waals surface area (Å²) in [6, 6.07) is 0. The van der Waals surface area contributed by atoms with Crippen molar-refractivity contribution in [2.45, 2.75) is 204 Å². The van der Waals surface area contributed by atoms with E-state index in [1.165, 1.54) is 25.7 Å². The van der Waals surface area contributed by atoms with Gasteiger partial charge in [0.15, 0.2) is 6.10 Å². The van der Waals surface area contributed by atoms with Gasteiger partial charge in [0.25, 0.3) is 0 Å². The maximum Gasteiger partial charge on any atom is 0.472 e. The Bertz CT molecular complexity index is 1830. The quantitative estimate of drug-likeness (QED) is 0.00928. The van der Waals surface area contributed by atoms with Gasteiger partial charge in [-0.2, -0.15) is 0 Å². The highest BCUT2D eigenvalue weighted by Crippen LogP contribution is 2.49. The van der Waals surface area contributed by atoms with Crippen molar-refractivity contribution in [3.63, 3.8) is 0 Å². The van der Waals surface area contributed by atoms with Crippen LogP contribution in [0.1, 0.15) is 155 Å². The van der Waals surface area contributed by atoms with Crippen LogP contribution in [-0.4, -0.2) is 114 Å². The normalized spacial score (nSPS) is 21.9. The second-order valence-corrected chi connectivity index (χ2v) is 20.3. The van der Waals surface area contributed by atoms with E-state index in [4.69, 9.17) is 18.5 Å². The van der Waals surface area contributed by atoms with Crippen LogP contribution in [0.5, 0.6) is 0 Å². The van der Waals surface area contributed by atoms with Crippen LogP contribution in [-0.2, 0) is 41.8 Å². The third-order valence-electron chi connectivity index (χ3n) is 11.2. The van der Waals surface area contributed by atoms with Crippen molar-refractivity contribution in [1.29, 1.82) is 0 Å². The topological polar surface area (TPSA) is 276 Å². The minimum absolute atomic E-state index is 0.0142. The Balaban J connectivity index is 2.65. The van der Waals surface area contributed by atoms with Crippen LogP contribution in [0.2, 0.25) is 0 Å². The Hall–Kier alpha value is -3.38. The molecule has 1 aliphatic carbocycles. The molecule has 416 valence electrons. The molecule has 0 bridgehead atoms. The van der Waals surface area contributed by atoms with E-state index in [0.717, 1.165) is 83.5 Å². The first-order chi connectivity index (χ1) is 35.0. The maximum atomic E-state index is 13.0. The summed E-state index contributed by atoms with van der Waals surface area (Å²) in [5.74, 6) is -1.41. The molecule has 17 nitrogen and oxygen atoms in total. The molecule has 8 N–H and O–H groups in total. The molecule has 73 heavy (non-hydrogen) atoms. The second kappa shape index (κ2) is 42.8. The van der Waals surface area contributed by atoms with Crippen molar-refractivity contribution >= 4 is 27.6 Å². The molecule has 9 atom stereocenters. The predicted molar refractivity (Wildman–Crippen MR) is 284 cm³/mol. The van der Waals surface area contributed by atoms with E-state index in [2.05, 4.69) is 91.3 Å². The predicted octanol–water partition coefficient (Wildman–Crippen LogP) is 9.87. The molecule has 0 aromatic carbocycles. The molecule has 0 heterocycles. The number of phosphoric acid groups is 2. The van der Waals surface area contributed by atoms with Gasteiger partial charge in [0, 0.05) is 12.8 Å². The number of carbonyl (C=O) groups excluding carboxylic acids is 2. The third-order valence-corrected chi connectivity index (χ3v) is 12.7. The summed E-state index contributed by atoms with van der Waals surface area (Å²) in [7, 11) is -10.8. The van der Waals surface area contributed by atoms with Gasteiger partial charge in [-0.25, -0.2) is 9.13 Å².